The molecule has 0 aliphatic carbocycles. The zero-order chi connectivity index (χ0) is 33.7. The van der Waals surface area contributed by atoms with Gasteiger partial charge < -0.3 is 48.1 Å². The van der Waals surface area contributed by atoms with Gasteiger partial charge in [0.15, 0.2) is 0 Å². The normalized spacial score (nSPS) is 16.3. The van der Waals surface area contributed by atoms with Crippen LogP contribution in [0.2, 0.25) is 0 Å². The van der Waals surface area contributed by atoms with E-state index in [9.17, 15) is 20.4 Å². The van der Waals surface area contributed by atoms with Crippen molar-refractivity contribution in [2.75, 3.05) is 13.2 Å². The molecular formula is C36H78N4O5. The molecule has 0 aromatic rings. The van der Waals surface area contributed by atoms with Crippen LogP contribution in [0.4, 0.5) is 0 Å². The second kappa shape index (κ2) is 30.9. The molecular weight excluding hydrogens is 568 g/mol. The van der Waals surface area contributed by atoms with E-state index in [0.717, 1.165) is 38.5 Å². The molecule has 0 spiro atoms. The molecule has 0 radical (unpaired) electrons. The van der Waals surface area contributed by atoms with E-state index in [2.05, 4.69) is 13.8 Å². The molecule has 0 aliphatic heterocycles. The highest BCUT2D eigenvalue weighted by atomic mass is 16.5. The Labute approximate surface area is 277 Å². The van der Waals surface area contributed by atoms with Crippen molar-refractivity contribution in [2.24, 2.45) is 34.8 Å². The Morgan fingerprint density at radius 1 is 0.422 bits per heavy atom. The summed E-state index contributed by atoms with van der Waals surface area (Å²) in [5.41, 5.74) is 24.8. The first-order valence-corrected chi connectivity index (χ1v) is 19.0. The molecule has 0 amide bonds. The first-order valence-electron chi connectivity index (χ1n) is 19.0. The molecule has 6 unspecified atom stereocenters. The number of hydrogen-bond acceptors (Lipinski definition) is 9. The fourth-order valence-corrected chi connectivity index (χ4v) is 6.58. The topological polar surface area (TPSA) is 194 Å². The third-order valence-corrected chi connectivity index (χ3v) is 9.56. The van der Waals surface area contributed by atoms with E-state index in [1.165, 1.54) is 103 Å². The quantitative estimate of drug-likeness (QED) is 0.0326. The van der Waals surface area contributed by atoms with Crippen molar-refractivity contribution in [3.63, 3.8) is 0 Å². The maximum atomic E-state index is 10.8. The number of aliphatic hydroxyl groups is 4. The molecule has 0 heterocycles. The second-order valence-electron chi connectivity index (χ2n) is 13.7. The van der Waals surface area contributed by atoms with Gasteiger partial charge in [0.1, 0.15) is 12.2 Å². The Morgan fingerprint density at radius 3 is 0.889 bits per heavy atom. The van der Waals surface area contributed by atoms with Gasteiger partial charge in [-0.3, -0.25) is 0 Å². The number of unbranched alkanes of at least 4 members (excludes halogenated alkanes) is 20. The average molecular weight is 647 g/mol. The molecule has 0 saturated carbocycles. The highest BCUT2D eigenvalue weighted by Crippen LogP contribution is 2.28. The van der Waals surface area contributed by atoms with E-state index in [1.54, 1.807) is 0 Å². The van der Waals surface area contributed by atoms with E-state index in [0.29, 0.717) is 12.8 Å². The Kier molecular flexibility index (Phi) is 30.7. The molecule has 0 aromatic heterocycles. The molecule has 12 N–H and O–H groups in total. The highest BCUT2D eigenvalue weighted by Gasteiger charge is 2.39. The smallest absolute Gasteiger partial charge is 0.104 e. The van der Waals surface area contributed by atoms with Crippen LogP contribution in [0.15, 0.2) is 0 Å². The van der Waals surface area contributed by atoms with Crippen LogP contribution in [0, 0.1) is 11.8 Å². The minimum Gasteiger partial charge on any atom is -0.394 e. The summed E-state index contributed by atoms with van der Waals surface area (Å²) in [7, 11) is 0. The van der Waals surface area contributed by atoms with Crippen LogP contribution in [0.5, 0.6) is 0 Å². The molecule has 0 aliphatic rings. The Hall–Kier alpha value is -0.360. The Bertz CT molecular complexity index is 616. The molecule has 9 nitrogen and oxygen atoms in total. The number of rotatable bonds is 34. The summed E-state index contributed by atoms with van der Waals surface area (Å²) in [4.78, 5) is 0. The summed E-state index contributed by atoms with van der Waals surface area (Å²) in [6.45, 7) is 3.41. The van der Waals surface area contributed by atoms with Crippen molar-refractivity contribution < 1.29 is 25.2 Å². The predicted molar refractivity (Wildman–Crippen MR) is 188 cm³/mol. The summed E-state index contributed by atoms with van der Waals surface area (Å²) < 4.78 is 6.36. The first kappa shape index (κ1) is 44.6. The lowest BCUT2D eigenvalue weighted by molar-refractivity contribution is -0.173. The Balaban J connectivity index is 4.98. The van der Waals surface area contributed by atoms with Crippen molar-refractivity contribution >= 4 is 0 Å². The molecule has 45 heavy (non-hydrogen) atoms. The maximum Gasteiger partial charge on any atom is 0.104 e. The fraction of sp³-hybridized carbons (Fsp3) is 1.00. The van der Waals surface area contributed by atoms with Gasteiger partial charge in [-0.15, -0.1) is 0 Å². The van der Waals surface area contributed by atoms with E-state index < -0.39 is 61.8 Å². The van der Waals surface area contributed by atoms with Crippen LogP contribution < -0.4 is 22.9 Å². The zero-order valence-corrected chi connectivity index (χ0v) is 29.5. The van der Waals surface area contributed by atoms with Crippen molar-refractivity contribution in [2.45, 2.75) is 205 Å². The minimum absolute atomic E-state index is 0.448. The lowest BCUT2D eigenvalue weighted by atomic mass is 9.86. The minimum atomic E-state index is -1.25. The van der Waals surface area contributed by atoms with Gasteiger partial charge in [-0.2, -0.15) is 0 Å². The average Bonchev–Trinajstić information content (AvgIpc) is 3.02. The van der Waals surface area contributed by atoms with Crippen LogP contribution in [0.3, 0.4) is 0 Å². The van der Waals surface area contributed by atoms with Gasteiger partial charge in [-0.05, 0) is 12.8 Å². The highest BCUT2D eigenvalue weighted by molar-refractivity contribution is 4.88. The van der Waals surface area contributed by atoms with Crippen LogP contribution in [0.25, 0.3) is 0 Å². The largest absolute Gasteiger partial charge is 0.394 e. The van der Waals surface area contributed by atoms with Crippen LogP contribution in [0.1, 0.15) is 168 Å². The molecule has 272 valence electrons. The number of hydrogen-bond donors (Lipinski definition) is 8. The number of ether oxygens (including phenoxy) is 1. The molecule has 9 heteroatoms. The number of nitrogens with two attached hydrogens (primary N) is 4. The molecule has 0 bridgehead atoms. The van der Waals surface area contributed by atoms with Gasteiger partial charge in [0.05, 0.1) is 37.8 Å². The van der Waals surface area contributed by atoms with Gasteiger partial charge in [0.25, 0.3) is 0 Å². The summed E-state index contributed by atoms with van der Waals surface area (Å²) >= 11 is 0. The van der Waals surface area contributed by atoms with Crippen molar-refractivity contribution in [3.05, 3.63) is 0 Å². The van der Waals surface area contributed by atoms with Gasteiger partial charge >= 0.3 is 0 Å². The maximum absolute atomic E-state index is 10.8. The van der Waals surface area contributed by atoms with E-state index >= 15 is 0 Å². The van der Waals surface area contributed by atoms with Crippen LogP contribution in [-0.4, -0.2) is 70.4 Å². The second-order valence-corrected chi connectivity index (χ2v) is 13.7. The van der Waals surface area contributed by atoms with Crippen LogP contribution in [-0.2, 0) is 4.74 Å². The predicted octanol–water partition coefficient (Wildman–Crippen LogP) is 5.57. The fourth-order valence-electron chi connectivity index (χ4n) is 6.58. The monoisotopic (exact) mass is 647 g/mol. The number of aliphatic hydroxyl groups excluding tert-OH is 4. The summed E-state index contributed by atoms with van der Waals surface area (Å²) in [6.07, 6.45) is 22.1. The molecule has 0 fully saturated rings. The first-order chi connectivity index (χ1) is 21.7. The standard InChI is InChI=1S/C36H78N4O5/c1-3-5-7-9-11-13-15-16-18-20-22-24-26-30(36(39)40)34(32(44)28-42)45-33(31(43)27-41)29(35(37)38)25-23-21-19-17-14-12-10-8-6-4-2/h29-36,41-44H,3-28,37-40H2,1-2H3. The van der Waals surface area contributed by atoms with Crippen LogP contribution >= 0.6 is 0 Å². The van der Waals surface area contributed by atoms with E-state index in [-0.39, 0.29) is 0 Å². The Morgan fingerprint density at radius 2 is 0.667 bits per heavy atom. The molecule has 0 saturated heterocycles. The van der Waals surface area contributed by atoms with Crippen molar-refractivity contribution in [3.8, 4) is 0 Å². The third kappa shape index (κ3) is 22.8. The van der Waals surface area contributed by atoms with Gasteiger partial charge in [-0.1, -0.05) is 155 Å². The lowest BCUT2D eigenvalue weighted by Crippen LogP contribution is -2.56. The SMILES string of the molecule is CCCCCCCCCCCCCCC(C(N)N)C(OC(C(O)CO)C(CCCCCCCCCCCC)C(N)N)C(O)CO. The molecule has 0 aromatic carbocycles. The van der Waals surface area contributed by atoms with E-state index in [4.69, 9.17) is 27.7 Å². The molecule has 0 rings (SSSR count). The van der Waals surface area contributed by atoms with Gasteiger partial charge in [0.2, 0.25) is 0 Å². The van der Waals surface area contributed by atoms with Crippen molar-refractivity contribution in [1.29, 1.82) is 0 Å². The summed E-state index contributed by atoms with van der Waals surface area (Å²) in [5, 5.41) is 41.4. The third-order valence-electron chi connectivity index (χ3n) is 9.56. The van der Waals surface area contributed by atoms with Gasteiger partial charge in [-0.25, -0.2) is 0 Å². The summed E-state index contributed by atoms with van der Waals surface area (Å²) in [5.74, 6) is -0.897. The van der Waals surface area contributed by atoms with E-state index in [1.807, 2.05) is 0 Å². The van der Waals surface area contributed by atoms with Crippen molar-refractivity contribution in [1.82, 2.24) is 0 Å². The summed E-state index contributed by atoms with van der Waals surface area (Å²) in [6, 6.07) is 0. The lowest BCUT2D eigenvalue weighted by Gasteiger charge is -2.40. The molecule has 6 atom stereocenters. The van der Waals surface area contributed by atoms with Gasteiger partial charge in [0, 0.05) is 11.8 Å². The zero-order valence-electron chi connectivity index (χ0n) is 29.5.